The summed E-state index contributed by atoms with van der Waals surface area (Å²) in [5, 5.41) is 11.7. The van der Waals surface area contributed by atoms with E-state index >= 15 is 0 Å². The van der Waals surface area contributed by atoms with Crippen LogP contribution in [-0.4, -0.2) is 44.7 Å². The summed E-state index contributed by atoms with van der Waals surface area (Å²) in [6.45, 7) is 2.68. The van der Waals surface area contributed by atoms with Gasteiger partial charge in [-0.2, -0.15) is 0 Å². The SMILES string of the molecule is O=C1CCC(N2Cc3cc(O)ccc3C2=O)C(=O)N1.c1ccc2c(c1)CN(C1CCCC1)C2. The van der Waals surface area contributed by atoms with E-state index in [2.05, 4.69) is 34.5 Å². The van der Waals surface area contributed by atoms with Gasteiger partial charge in [0.15, 0.2) is 0 Å². The molecule has 1 saturated carbocycles. The van der Waals surface area contributed by atoms with Gasteiger partial charge in [-0.15, -0.1) is 0 Å². The molecule has 0 radical (unpaired) electrons. The largest absolute Gasteiger partial charge is 0.508 e. The van der Waals surface area contributed by atoms with E-state index in [0.717, 1.165) is 6.04 Å². The maximum Gasteiger partial charge on any atom is 0.255 e. The lowest BCUT2D eigenvalue weighted by Crippen LogP contribution is -2.52. The van der Waals surface area contributed by atoms with E-state index in [-0.39, 0.29) is 30.5 Å². The molecule has 4 aliphatic rings. The minimum absolute atomic E-state index is 0.0941. The van der Waals surface area contributed by atoms with Gasteiger partial charge in [-0.05, 0) is 54.2 Å². The van der Waals surface area contributed by atoms with Crippen LogP contribution in [0.15, 0.2) is 42.5 Å². The number of aromatic hydroxyl groups is 1. The highest BCUT2D eigenvalue weighted by molar-refractivity contribution is 6.05. The number of amides is 3. The highest BCUT2D eigenvalue weighted by Gasteiger charge is 2.39. The van der Waals surface area contributed by atoms with Crippen molar-refractivity contribution in [3.63, 3.8) is 0 Å². The molecule has 7 heteroatoms. The Bertz CT molecular complexity index is 1070. The number of carbonyl (C=O) groups excluding carboxylic acids is 3. The normalized spacial score (nSPS) is 22.6. The minimum atomic E-state index is -0.611. The Kier molecular flexibility index (Phi) is 5.89. The summed E-state index contributed by atoms with van der Waals surface area (Å²) in [5.74, 6) is -0.870. The van der Waals surface area contributed by atoms with Crippen molar-refractivity contribution in [2.45, 2.75) is 70.2 Å². The molecule has 1 aliphatic carbocycles. The first kappa shape index (κ1) is 21.6. The Morgan fingerprint density at radius 1 is 0.848 bits per heavy atom. The van der Waals surface area contributed by atoms with Gasteiger partial charge in [-0.1, -0.05) is 37.1 Å². The van der Waals surface area contributed by atoms with E-state index in [1.165, 1.54) is 55.8 Å². The first-order valence-corrected chi connectivity index (χ1v) is 11.8. The van der Waals surface area contributed by atoms with Gasteiger partial charge in [-0.25, -0.2) is 0 Å². The lowest BCUT2D eigenvalue weighted by molar-refractivity contribution is -0.136. The fraction of sp³-hybridized carbons (Fsp3) is 0.423. The van der Waals surface area contributed by atoms with Crippen LogP contribution in [0, 0.1) is 0 Å². The van der Waals surface area contributed by atoms with Crippen LogP contribution in [0.2, 0.25) is 0 Å². The number of phenols is 1. The number of carbonyl (C=O) groups is 3. The molecule has 2 aromatic carbocycles. The lowest BCUT2D eigenvalue weighted by Gasteiger charge is -2.29. The molecule has 1 atom stereocenters. The number of piperidine rings is 1. The average molecular weight is 448 g/mol. The van der Waals surface area contributed by atoms with E-state index in [9.17, 15) is 19.5 Å². The molecule has 7 nitrogen and oxygen atoms in total. The second-order valence-corrected chi connectivity index (χ2v) is 9.35. The van der Waals surface area contributed by atoms with Gasteiger partial charge in [0.1, 0.15) is 11.8 Å². The number of benzene rings is 2. The van der Waals surface area contributed by atoms with Crippen molar-refractivity contribution < 1.29 is 19.5 Å². The topological polar surface area (TPSA) is 90.0 Å². The van der Waals surface area contributed by atoms with Crippen LogP contribution in [0.3, 0.4) is 0 Å². The van der Waals surface area contributed by atoms with Gasteiger partial charge < -0.3 is 10.0 Å². The molecule has 6 rings (SSSR count). The number of nitrogens with zero attached hydrogens (tertiary/aromatic N) is 2. The zero-order chi connectivity index (χ0) is 22.9. The van der Waals surface area contributed by atoms with E-state index in [0.29, 0.717) is 17.5 Å². The predicted molar refractivity (Wildman–Crippen MR) is 122 cm³/mol. The standard InChI is InChI=1S/C13H12N2O4.C13H17N/c16-8-1-2-9-7(5-8)6-15(13(9)19)10-3-4-11(17)14-12(10)18;1-2-6-12-10-14(9-11(12)5-1)13-7-3-4-8-13/h1-2,5,10,16H,3-4,6H2,(H,14,17,18);1-2,5-6,13H,3-4,7-10H2. The van der Waals surface area contributed by atoms with Gasteiger partial charge >= 0.3 is 0 Å². The minimum Gasteiger partial charge on any atom is -0.508 e. The Morgan fingerprint density at radius 3 is 2.21 bits per heavy atom. The number of imide groups is 1. The zero-order valence-corrected chi connectivity index (χ0v) is 18.6. The second-order valence-electron chi connectivity index (χ2n) is 9.35. The van der Waals surface area contributed by atoms with Crippen molar-refractivity contribution in [3.8, 4) is 5.75 Å². The van der Waals surface area contributed by atoms with Crippen molar-refractivity contribution in [1.82, 2.24) is 15.1 Å². The van der Waals surface area contributed by atoms with E-state index < -0.39 is 11.9 Å². The van der Waals surface area contributed by atoms with E-state index in [4.69, 9.17) is 0 Å². The summed E-state index contributed by atoms with van der Waals surface area (Å²) < 4.78 is 0. The number of fused-ring (bicyclic) bond motifs is 2. The molecule has 1 unspecified atom stereocenters. The molecule has 0 spiro atoms. The van der Waals surface area contributed by atoms with E-state index in [1.54, 1.807) is 17.2 Å². The van der Waals surface area contributed by atoms with Crippen molar-refractivity contribution in [2.24, 2.45) is 0 Å². The first-order chi connectivity index (χ1) is 16.0. The number of hydrogen-bond donors (Lipinski definition) is 2. The molecule has 1 saturated heterocycles. The summed E-state index contributed by atoms with van der Waals surface area (Å²) >= 11 is 0. The maximum absolute atomic E-state index is 12.2. The van der Waals surface area contributed by atoms with Crippen molar-refractivity contribution in [1.29, 1.82) is 0 Å². The fourth-order valence-electron chi connectivity index (χ4n) is 5.45. The van der Waals surface area contributed by atoms with Crippen LogP contribution in [0.25, 0.3) is 0 Å². The number of nitrogens with one attached hydrogen (secondary N) is 1. The quantitative estimate of drug-likeness (QED) is 0.691. The third kappa shape index (κ3) is 4.37. The summed E-state index contributed by atoms with van der Waals surface area (Å²) in [5.41, 5.74) is 4.32. The number of hydrogen-bond acceptors (Lipinski definition) is 5. The Labute approximate surface area is 193 Å². The second kappa shape index (κ2) is 8.98. The molecule has 2 fully saturated rings. The Balaban J connectivity index is 0.000000144. The maximum atomic E-state index is 12.2. The van der Waals surface area contributed by atoms with Crippen molar-refractivity contribution in [2.75, 3.05) is 0 Å². The van der Waals surface area contributed by atoms with Crippen molar-refractivity contribution >= 4 is 17.7 Å². The molecule has 0 aromatic heterocycles. The van der Waals surface area contributed by atoms with Crippen LogP contribution in [0.5, 0.6) is 5.75 Å². The van der Waals surface area contributed by atoms with Crippen LogP contribution >= 0.6 is 0 Å². The lowest BCUT2D eigenvalue weighted by atomic mass is 10.0. The number of rotatable bonds is 2. The van der Waals surface area contributed by atoms with Gasteiger partial charge in [0, 0.05) is 37.7 Å². The molecule has 2 aromatic rings. The van der Waals surface area contributed by atoms with Gasteiger partial charge in [0.2, 0.25) is 11.8 Å². The number of phenolic OH excluding ortho intramolecular Hbond substituents is 1. The van der Waals surface area contributed by atoms with E-state index in [1.807, 2.05) is 0 Å². The monoisotopic (exact) mass is 447 g/mol. The fourth-order valence-corrected chi connectivity index (χ4v) is 5.45. The summed E-state index contributed by atoms with van der Waals surface area (Å²) in [4.78, 5) is 39.2. The predicted octanol–water partition coefficient (Wildman–Crippen LogP) is 3.10. The smallest absolute Gasteiger partial charge is 0.255 e. The molecule has 3 heterocycles. The molecule has 3 aliphatic heterocycles. The van der Waals surface area contributed by atoms with Crippen LogP contribution < -0.4 is 5.32 Å². The van der Waals surface area contributed by atoms with Crippen LogP contribution in [0.1, 0.15) is 65.6 Å². The van der Waals surface area contributed by atoms with Crippen LogP contribution in [0.4, 0.5) is 0 Å². The summed E-state index contributed by atoms with van der Waals surface area (Å²) in [6, 6.07) is 13.7. The molecule has 172 valence electrons. The molecule has 0 bridgehead atoms. The third-order valence-corrected chi connectivity index (χ3v) is 7.21. The zero-order valence-electron chi connectivity index (χ0n) is 18.6. The molecular formula is C26H29N3O4. The first-order valence-electron chi connectivity index (χ1n) is 11.8. The van der Waals surface area contributed by atoms with Crippen molar-refractivity contribution in [3.05, 3.63) is 64.7 Å². The van der Waals surface area contributed by atoms with Crippen LogP contribution in [-0.2, 0) is 29.2 Å². The Hall–Kier alpha value is -3.19. The van der Waals surface area contributed by atoms with Gasteiger partial charge in [-0.3, -0.25) is 24.6 Å². The summed E-state index contributed by atoms with van der Waals surface area (Å²) in [7, 11) is 0. The highest BCUT2D eigenvalue weighted by Crippen LogP contribution is 2.31. The summed E-state index contributed by atoms with van der Waals surface area (Å²) in [6.07, 6.45) is 6.31. The van der Waals surface area contributed by atoms with Gasteiger partial charge in [0.05, 0.1) is 0 Å². The third-order valence-electron chi connectivity index (χ3n) is 7.21. The van der Waals surface area contributed by atoms with Gasteiger partial charge in [0.25, 0.3) is 5.91 Å². The average Bonchev–Trinajstić information content (AvgIpc) is 3.53. The molecular weight excluding hydrogens is 418 g/mol. The Morgan fingerprint density at radius 2 is 1.55 bits per heavy atom. The molecule has 33 heavy (non-hydrogen) atoms. The molecule has 3 amide bonds. The molecule has 2 N–H and O–H groups in total. The highest BCUT2D eigenvalue weighted by atomic mass is 16.3.